The topological polar surface area (TPSA) is 54.1 Å². The molecule has 1 aliphatic carbocycles. The van der Waals surface area contributed by atoms with Gasteiger partial charge in [0.25, 0.3) is 0 Å². The first-order chi connectivity index (χ1) is 25.1. The molecule has 1 aliphatic rings. The molecule has 1 unspecified atom stereocenters. The van der Waals surface area contributed by atoms with Crippen LogP contribution in [0.4, 0.5) is 0 Å². The summed E-state index contributed by atoms with van der Waals surface area (Å²) in [5.41, 5.74) is 9.47. The first-order valence-corrected chi connectivity index (χ1v) is 19.1. The Hall–Kier alpha value is -4.15. The summed E-state index contributed by atoms with van der Waals surface area (Å²) in [6, 6.07) is 27.8. The summed E-state index contributed by atoms with van der Waals surface area (Å²) in [4.78, 5) is 4.71. The predicted octanol–water partition coefficient (Wildman–Crippen LogP) is 11.7. The van der Waals surface area contributed by atoms with Crippen molar-refractivity contribution in [3.05, 3.63) is 113 Å². The quantitative estimate of drug-likeness (QED) is 0.0907. The number of benzene rings is 3. The molecule has 0 saturated carbocycles. The zero-order valence-electron chi connectivity index (χ0n) is 32.4. The second-order valence-corrected chi connectivity index (χ2v) is 15.6. The van der Waals surface area contributed by atoms with Crippen LogP contribution in [0, 0.1) is 36.8 Å². The van der Waals surface area contributed by atoms with Gasteiger partial charge in [0.15, 0.2) is 0 Å². The van der Waals surface area contributed by atoms with Crippen LogP contribution in [0.1, 0.15) is 95.7 Å². The molecule has 3 heterocycles. The number of ether oxygens (including phenoxy) is 2. The molecule has 3 aromatic carbocycles. The largest absolute Gasteiger partial charge is 2.00 e. The van der Waals surface area contributed by atoms with Crippen LogP contribution in [0.3, 0.4) is 0 Å². The number of methoxy groups -OCH3 is 1. The molecule has 7 heteroatoms. The van der Waals surface area contributed by atoms with E-state index in [1.807, 2.05) is 18.2 Å². The Morgan fingerprint density at radius 2 is 1.66 bits per heavy atom. The Morgan fingerprint density at radius 1 is 0.887 bits per heavy atom. The zero-order chi connectivity index (χ0) is 36.5. The van der Waals surface area contributed by atoms with E-state index >= 15 is 0 Å². The Labute approximate surface area is 329 Å². The number of rotatable bonds is 12. The number of pyridine rings is 1. The van der Waals surface area contributed by atoms with Crippen molar-refractivity contribution in [2.75, 3.05) is 7.11 Å². The van der Waals surface area contributed by atoms with E-state index < -0.39 is 0 Å². The number of allylic oxidation sites excluding steroid dienone is 2. The van der Waals surface area contributed by atoms with Gasteiger partial charge in [0.2, 0.25) is 0 Å². The van der Waals surface area contributed by atoms with E-state index in [1.165, 1.54) is 28.9 Å². The van der Waals surface area contributed by atoms with Crippen LogP contribution >= 0.6 is 0 Å². The third-order valence-electron chi connectivity index (χ3n) is 10.6. The Bertz CT molecular complexity index is 2240. The van der Waals surface area contributed by atoms with Crippen LogP contribution < -0.4 is 9.47 Å². The van der Waals surface area contributed by atoms with Gasteiger partial charge in [0, 0.05) is 46.5 Å². The fraction of sp³-hybridized carbons (Fsp3) is 0.391. The van der Waals surface area contributed by atoms with E-state index in [-0.39, 0.29) is 21.1 Å². The number of hydrogen-bond acceptors (Lipinski definition) is 4. The molecule has 6 aromatic rings. The van der Waals surface area contributed by atoms with Crippen LogP contribution in [0.2, 0.25) is 0 Å². The molecule has 0 N–H and O–H groups in total. The first-order valence-electron chi connectivity index (χ1n) is 19.1. The SMILES string of the molecule is COc1ccnc(-n2c3[c-]c(Oc4[c-]c(-n5nc(CCC(C)C)c(C6C(C)=CCC[C@@H]6C)c5CCC(C)C)cc(C)c4)ccc3c3ccccc32)c1.[Pt+2]. The van der Waals surface area contributed by atoms with E-state index in [4.69, 9.17) is 19.6 Å². The van der Waals surface area contributed by atoms with Crippen molar-refractivity contribution in [2.45, 2.75) is 92.9 Å². The second-order valence-electron chi connectivity index (χ2n) is 15.6. The standard InChI is InChI=1S/C46H52N4O2.Pt/c1-29(2)16-20-40-46(45-32(6)12-11-13-33(45)7)42(21-17-30(3)4)50(48-40)34-24-31(5)25-37(26-34)52-36-18-19-39-38-14-9-10-15-41(38)49(43(39)27-36)44-28-35(51-8)22-23-47-44;/h9-10,12,14-15,18-19,22-25,28-30,33,45H,11,13,16-17,20-21H2,1-8H3;/q-2;+2/t33-,45?;/m0./s1. The molecular formula is C46H52N4O2Pt. The molecule has 7 rings (SSSR count). The molecule has 0 fully saturated rings. The first kappa shape index (κ1) is 38.6. The normalized spacial score (nSPS) is 16.0. The maximum Gasteiger partial charge on any atom is 2.00 e. The maximum atomic E-state index is 6.65. The van der Waals surface area contributed by atoms with Crippen molar-refractivity contribution in [1.82, 2.24) is 19.3 Å². The molecule has 0 saturated heterocycles. The molecule has 0 spiro atoms. The minimum absolute atomic E-state index is 0. The molecule has 0 amide bonds. The number of para-hydroxylation sites is 1. The van der Waals surface area contributed by atoms with Crippen LogP contribution in [0.25, 0.3) is 33.3 Å². The number of aryl methyl sites for hydroxylation is 2. The third kappa shape index (κ3) is 8.04. The monoisotopic (exact) mass is 887 g/mol. The third-order valence-corrected chi connectivity index (χ3v) is 10.6. The van der Waals surface area contributed by atoms with Crippen molar-refractivity contribution in [1.29, 1.82) is 0 Å². The van der Waals surface area contributed by atoms with Crippen molar-refractivity contribution >= 4 is 21.8 Å². The summed E-state index contributed by atoms with van der Waals surface area (Å²) >= 11 is 0. The van der Waals surface area contributed by atoms with Crippen LogP contribution in [-0.2, 0) is 33.9 Å². The molecule has 0 bridgehead atoms. The summed E-state index contributed by atoms with van der Waals surface area (Å²) in [6.07, 6.45) is 10.8. The van der Waals surface area contributed by atoms with Gasteiger partial charge in [-0.05, 0) is 86.4 Å². The summed E-state index contributed by atoms with van der Waals surface area (Å²) in [6.45, 7) is 16.1. The van der Waals surface area contributed by atoms with Gasteiger partial charge in [-0.15, -0.1) is 35.7 Å². The fourth-order valence-electron chi connectivity index (χ4n) is 7.95. The predicted molar refractivity (Wildman–Crippen MR) is 212 cm³/mol. The smallest absolute Gasteiger partial charge is 0.509 e. The molecular weight excluding hydrogens is 836 g/mol. The molecule has 0 radical (unpaired) electrons. The van der Waals surface area contributed by atoms with Crippen molar-refractivity contribution in [3.63, 3.8) is 0 Å². The van der Waals surface area contributed by atoms with Gasteiger partial charge < -0.3 is 14.0 Å². The zero-order valence-corrected chi connectivity index (χ0v) is 34.7. The average Bonchev–Trinajstić information content (AvgIpc) is 3.64. The summed E-state index contributed by atoms with van der Waals surface area (Å²) < 4.78 is 16.5. The van der Waals surface area contributed by atoms with Gasteiger partial charge in [0.05, 0.1) is 12.8 Å². The van der Waals surface area contributed by atoms with E-state index in [0.717, 1.165) is 76.7 Å². The van der Waals surface area contributed by atoms with Crippen molar-refractivity contribution < 1.29 is 30.5 Å². The van der Waals surface area contributed by atoms with E-state index in [2.05, 4.69) is 118 Å². The van der Waals surface area contributed by atoms with Crippen LogP contribution in [0.15, 0.2) is 78.5 Å². The van der Waals surface area contributed by atoms with E-state index in [9.17, 15) is 0 Å². The average molecular weight is 888 g/mol. The molecule has 6 nitrogen and oxygen atoms in total. The van der Waals surface area contributed by atoms with Crippen LogP contribution in [0.5, 0.6) is 17.2 Å². The Kier molecular flexibility index (Phi) is 12.0. The van der Waals surface area contributed by atoms with Gasteiger partial charge in [0.1, 0.15) is 11.6 Å². The molecule has 2 atom stereocenters. The molecule has 0 aliphatic heterocycles. The number of nitrogens with zero attached hydrogens (tertiary/aromatic N) is 4. The van der Waals surface area contributed by atoms with Gasteiger partial charge in [-0.2, -0.15) is 16.7 Å². The van der Waals surface area contributed by atoms with Gasteiger partial charge in [-0.25, -0.2) is 4.98 Å². The minimum atomic E-state index is 0. The number of fused-ring (bicyclic) bond motifs is 3. The second kappa shape index (κ2) is 16.5. The molecule has 278 valence electrons. The molecule has 3 aromatic heterocycles. The number of aromatic nitrogens is 4. The Balaban J connectivity index is 0.00000481. The van der Waals surface area contributed by atoms with Crippen LogP contribution in [-0.4, -0.2) is 26.4 Å². The molecule has 53 heavy (non-hydrogen) atoms. The van der Waals surface area contributed by atoms with Crippen molar-refractivity contribution in [3.8, 4) is 28.8 Å². The van der Waals surface area contributed by atoms with Gasteiger partial charge in [-0.3, -0.25) is 4.68 Å². The maximum absolute atomic E-state index is 6.65. The number of hydrogen-bond donors (Lipinski definition) is 0. The summed E-state index contributed by atoms with van der Waals surface area (Å²) in [7, 11) is 1.67. The summed E-state index contributed by atoms with van der Waals surface area (Å²) in [5.74, 6) is 4.92. The van der Waals surface area contributed by atoms with Crippen molar-refractivity contribution in [2.24, 2.45) is 17.8 Å². The van der Waals surface area contributed by atoms with Gasteiger partial charge in [-0.1, -0.05) is 76.9 Å². The van der Waals surface area contributed by atoms with E-state index in [0.29, 0.717) is 35.2 Å². The summed E-state index contributed by atoms with van der Waals surface area (Å²) in [5, 5.41) is 7.67. The van der Waals surface area contributed by atoms with Gasteiger partial charge >= 0.3 is 21.1 Å². The minimum Gasteiger partial charge on any atom is -0.509 e. The van der Waals surface area contributed by atoms with E-state index in [1.54, 1.807) is 13.3 Å². The fourth-order valence-corrected chi connectivity index (χ4v) is 7.95. The Morgan fingerprint density at radius 3 is 2.42 bits per heavy atom.